The number of amides is 3. The molecule has 2 heterocycles. The summed E-state index contributed by atoms with van der Waals surface area (Å²) in [6.07, 6.45) is 3.78. The SMILES string of the molecule is NC(Cc1cnc[nH]1)C(=O)NC(Cc1ccccc1)C(=O)NC(CC(=O)O)C(=O)NC(Cc1c[nH]c2ccccc12)C(=O)O. The molecule has 2 aromatic carbocycles. The zero-order valence-electron chi connectivity index (χ0n) is 23.5. The van der Waals surface area contributed by atoms with Gasteiger partial charge >= 0.3 is 11.9 Å². The number of aliphatic carboxylic acids is 2. The third-order valence-corrected chi connectivity index (χ3v) is 6.97. The second-order valence-electron chi connectivity index (χ2n) is 10.3. The predicted octanol–water partition coefficient (Wildman–Crippen LogP) is 0.260. The van der Waals surface area contributed by atoms with Gasteiger partial charge in [0.2, 0.25) is 17.7 Å². The number of fused-ring (bicyclic) bond motifs is 1. The third kappa shape index (κ3) is 8.51. The van der Waals surface area contributed by atoms with Gasteiger partial charge in [-0.3, -0.25) is 19.2 Å². The molecule has 9 N–H and O–H groups in total. The summed E-state index contributed by atoms with van der Waals surface area (Å²) in [6.45, 7) is 0. The van der Waals surface area contributed by atoms with Gasteiger partial charge < -0.3 is 41.9 Å². The lowest BCUT2D eigenvalue weighted by Gasteiger charge is -2.24. The van der Waals surface area contributed by atoms with E-state index in [1.165, 1.54) is 12.5 Å². The zero-order valence-corrected chi connectivity index (χ0v) is 23.5. The van der Waals surface area contributed by atoms with E-state index in [9.17, 15) is 34.2 Å². The van der Waals surface area contributed by atoms with Crippen molar-refractivity contribution in [3.63, 3.8) is 0 Å². The van der Waals surface area contributed by atoms with Crippen LogP contribution in [0, 0.1) is 0 Å². The van der Waals surface area contributed by atoms with Crippen LogP contribution in [0.3, 0.4) is 0 Å². The van der Waals surface area contributed by atoms with E-state index < -0.39 is 60.2 Å². The van der Waals surface area contributed by atoms with Crippen LogP contribution in [0.2, 0.25) is 0 Å². The topological polar surface area (TPSA) is 232 Å². The lowest BCUT2D eigenvalue weighted by Crippen LogP contribution is -2.58. The number of carbonyl (C=O) groups excluding carboxylic acids is 3. The van der Waals surface area contributed by atoms with E-state index in [-0.39, 0.29) is 19.3 Å². The van der Waals surface area contributed by atoms with Gasteiger partial charge in [0, 0.05) is 48.3 Å². The minimum Gasteiger partial charge on any atom is -0.481 e. The first kappa shape index (κ1) is 31.4. The number of carbonyl (C=O) groups is 5. The maximum atomic E-state index is 13.5. The maximum Gasteiger partial charge on any atom is 0.326 e. The van der Waals surface area contributed by atoms with Gasteiger partial charge in [0.1, 0.15) is 18.1 Å². The Morgan fingerprint density at radius 1 is 0.773 bits per heavy atom. The Hall–Kier alpha value is -5.50. The van der Waals surface area contributed by atoms with Gasteiger partial charge in [-0.25, -0.2) is 9.78 Å². The second-order valence-corrected chi connectivity index (χ2v) is 10.3. The molecule has 0 aliphatic rings. The van der Waals surface area contributed by atoms with Crippen LogP contribution in [0.1, 0.15) is 23.2 Å². The van der Waals surface area contributed by atoms with E-state index in [1.54, 1.807) is 48.7 Å². The van der Waals surface area contributed by atoms with Gasteiger partial charge in [0.15, 0.2) is 0 Å². The van der Waals surface area contributed by atoms with Crippen LogP contribution in [-0.4, -0.2) is 79.0 Å². The number of carboxylic acid groups (broad SMARTS) is 2. The molecule has 230 valence electrons. The highest BCUT2D eigenvalue weighted by Crippen LogP contribution is 2.19. The van der Waals surface area contributed by atoms with Crippen molar-refractivity contribution < 1.29 is 34.2 Å². The summed E-state index contributed by atoms with van der Waals surface area (Å²) < 4.78 is 0. The van der Waals surface area contributed by atoms with Crippen molar-refractivity contribution in [2.45, 2.75) is 49.9 Å². The molecule has 4 atom stereocenters. The second kappa shape index (κ2) is 14.6. The summed E-state index contributed by atoms with van der Waals surface area (Å²) in [5.41, 5.74) is 8.75. The number of para-hydroxylation sites is 1. The van der Waals surface area contributed by atoms with E-state index in [0.717, 1.165) is 10.9 Å². The van der Waals surface area contributed by atoms with Crippen LogP contribution in [0.4, 0.5) is 0 Å². The number of H-pyrrole nitrogens is 2. The van der Waals surface area contributed by atoms with E-state index in [2.05, 4.69) is 30.9 Å². The number of rotatable bonds is 15. The van der Waals surface area contributed by atoms with E-state index >= 15 is 0 Å². The standard InChI is InChI=1S/C30H33N7O7/c31-21(12-19-15-32-16-34-19)27(40)35-23(10-17-6-2-1-3-7-17)28(41)36-24(13-26(38)39)29(42)37-25(30(43)44)11-18-14-33-22-9-5-4-8-20(18)22/h1-9,14-16,21,23-25,33H,10-13,31H2,(H,32,34)(H,35,40)(H,36,41)(H,37,42)(H,38,39)(H,43,44). The quantitative estimate of drug-likeness (QED) is 0.0929. The number of benzene rings is 2. The van der Waals surface area contributed by atoms with Crippen molar-refractivity contribution in [1.82, 2.24) is 30.9 Å². The van der Waals surface area contributed by atoms with Crippen LogP contribution in [0.15, 0.2) is 73.3 Å². The fourth-order valence-corrected chi connectivity index (χ4v) is 4.71. The number of aromatic amines is 2. The molecular weight excluding hydrogens is 570 g/mol. The predicted molar refractivity (Wildman–Crippen MR) is 158 cm³/mol. The number of nitrogens with zero attached hydrogens (tertiary/aromatic N) is 1. The molecule has 0 bridgehead atoms. The van der Waals surface area contributed by atoms with Crippen molar-refractivity contribution in [2.75, 3.05) is 0 Å². The molecule has 0 aliphatic heterocycles. The Kier molecular flexibility index (Phi) is 10.4. The highest BCUT2D eigenvalue weighted by atomic mass is 16.4. The average molecular weight is 604 g/mol. The van der Waals surface area contributed by atoms with E-state index in [1.807, 2.05) is 12.1 Å². The molecule has 14 nitrogen and oxygen atoms in total. The monoisotopic (exact) mass is 603 g/mol. The van der Waals surface area contributed by atoms with Crippen LogP contribution in [-0.2, 0) is 43.2 Å². The molecule has 0 saturated carbocycles. The van der Waals surface area contributed by atoms with Gasteiger partial charge in [-0.2, -0.15) is 0 Å². The summed E-state index contributed by atoms with van der Waals surface area (Å²) in [5.74, 6) is -5.25. The van der Waals surface area contributed by atoms with Crippen LogP contribution < -0.4 is 21.7 Å². The molecule has 0 saturated heterocycles. The molecule has 2 aromatic heterocycles. The lowest BCUT2D eigenvalue weighted by molar-refractivity contribution is -0.143. The molecular formula is C30H33N7O7. The Balaban J connectivity index is 1.49. The Morgan fingerprint density at radius 2 is 1.43 bits per heavy atom. The van der Waals surface area contributed by atoms with Crippen LogP contribution in [0.5, 0.6) is 0 Å². The average Bonchev–Trinajstić information content (AvgIpc) is 3.66. The number of hydrogen-bond acceptors (Lipinski definition) is 7. The fraction of sp³-hybridized carbons (Fsp3) is 0.267. The molecule has 4 rings (SSSR count). The lowest BCUT2D eigenvalue weighted by atomic mass is 10.0. The first-order valence-corrected chi connectivity index (χ1v) is 13.8. The Bertz CT molecular complexity index is 1600. The number of nitrogens with two attached hydrogens (primary N) is 1. The largest absolute Gasteiger partial charge is 0.481 e. The van der Waals surface area contributed by atoms with Crippen molar-refractivity contribution in [3.8, 4) is 0 Å². The number of imidazole rings is 1. The summed E-state index contributed by atoms with van der Waals surface area (Å²) in [6, 6.07) is 10.6. The summed E-state index contributed by atoms with van der Waals surface area (Å²) in [5, 5.41) is 27.4. The van der Waals surface area contributed by atoms with E-state index in [0.29, 0.717) is 16.8 Å². The smallest absolute Gasteiger partial charge is 0.326 e. The first-order chi connectivity index (χ1) is 21.1. The van der Waals surface area contributed by atoms with Gasteiger partial charge in [-0.15, -0.1) is 0 Å². The van der Waals surface area contributed by atoms with Crippen molar-refractivity contribution in [3.05, 3.63) is 90.1 Å². The first-order valence-electron chi connectivity index (χ1n) is 13.8. The molecule has 44 heavy (non-hydrogen) atoms. The van der Waals surface area contributed by atoms with Gasteiger partial charge in [-0.05, 0) is 17.2 Å². The Labute approximate surface area is 251 Å². The molecule has 3 amide bonds. The molecule has 14 heteroatoms. The molecule has 0 aliphatic carbocycles. The molecule has 0 spiro atoms. The van der Waals surface area contributed by atoms with Gasteiger partial charge in [0.05, 0.1) is 18.8 Å². The Morgan fingerprint density at radius 3 is 2.11 bits per heavy atom. The minimum atomic E-state index is -1.64. The molecule has 0 radical (unpaired) electrons. The highest BCUT2D eigenvalue weighted by molar-refractivity contribution is 5.96. The third-order valence-electron chi connectivity index (χ3n) is 6.97. The van der Waals surface area contributed by atoms with Gasteiger partial charge in [0.25, 0.3) is 0 Å². The summed E-state index contributed by atoms with van der Waals surface area (Å²) in [7, 11) is 0. The fourth-order valence-electron chi connectivity index (χ4n) is 4.71. The molecule has 0 fully saturated rings. The maximum absolute atomic E-state index is 13.5. The number of carboxylic acids is 2. The number of nitrogens with one attached hydrogen (secondary N) is 5. The summed E-state index contributed by atoms with van der Waals surface area (Å²) in [4.78, 5) is 73.1. The number of hydrogen-bond donors (Lipinski definition) is 8. The zero-order chi connectivity index (χ0) is 31.6. The van der Waals surface area contributed by atoms with E-state index in [4.69, 9.17) is 5.73 Å². The molecule has 4 unspecified atom stereocenters. The van der Waals surface area contributed by atoms with Crippen LogP contribution in [0.25, 0.3) is 10.9 Å². The summed E-state index contributed by atoms with van der Waals surface area (Å²) >= 11 is 0. The molecule has 4 aromatic rings. The highest BCUT2D eigenvalue weighted by Gasteiger charge is 2.32. The normalized spacial score (nSPS) is 13.8. The van der Waals surface area contributed by atoms with Crippen molar-refractivity contribution in [1.29, 1.82) is 0 Å². The van der Waals surface area contributed by atoms with Crippen molar-refractivity contribution >= 4 is 40.6 Å². The van der Waals surface area contributed by atoms with Gasteiger partial charge in [-0.1, -0.05) is 48.5 Å². The number of aromatic nitrogens is 3. The van der Waals surface area contributed by atoms with Crippen LogP contribution >= 0.6 is 0 Å². The minimum absolute atomic E-state index is 0.00885. The van der Waals surface area contributed by atoms with Crippen molar-refractivity contribution in [2.24, 2.45) is 5.73 Å².